The molecule has 3 aromatic carbocycles. The second-order valence-corrected chi connectivity index (χ2v) is 9.14. The molecule has 3 aromatic rings. The fourth-order valence-electron chi connectivity index (χ4n) is 2.35. The third-order valence-electron chi connectivity index (χ3n) is 3.96. The van der Waals surface area contributed by atoms with Crippen LogP contribution in [0.3, 0.4) is 0 Å². The van der Waals surface area contributed by atoms with Gasteiger partial charge in [0.2, 0.25) is 0 Å². The lowest BCUT2D eigenvalue weighted by Crippen LogP contribution is -2.13. The number of hydrogen-bond donors (Lipinski definition) is 1. The number of sulfonamides is 1. The molecule has 0 fully saturated rings. The van der Waals surface area contributed by atoms with E-state index in [0.717, 1.165) is 20.9 Å². The first kappa shape index (κ1) is 18.8. The summed E-state index contributed by atoms with van der Waals surface area (Å²) in [6.07, 6.45) is 0. The highest BCUT2D eigenvalue weighted by atomic mass is 35.5. The standard InChI is InChI=1S/C20H18ClNO2S2/c1-14-7-12-18(13-15(14)2)26(23,24)22-19-5-3-4-6-20(19)25-17-10-8-16(21)9-11-17/h3-13,22H,1-2H3. The average molecular weight is 404 g/mol. The predicted octanol–water partition coefficient (Wildman–Crippen LogP) is 5.91. The van der Waals surface area contributed by atoms with E-state index in [1.807, 2.05) is 62.4 Å². The van der Waals surface area contributed by atoms with E-state index in [4.69, 9.17) is 11.6 Å². The number of aryl methyl sites for hydroxylation is 2. The molecule has 0 amide bonds. The van der Waals surface area contributed by atoms with Crippen molar-refractivity contribution in [3.63, 3.8) is 0 Å². The number of rotatable bonds is 5. The smallest absolute Gasteiger partial charge is 0.261 e. The molecule has 0 atom stereocenters. The van der Waals surface area contributed by atoms with Crippen molar-refractivity contribution in [2.45, 2.75) is 28.5 Å². The summed E-state index contributed by atoms with van der Waals surface area (Å²) in [5.74, 6) is 0. The Morgan fingerprint density at radius 2 is 1.58 bits per heavy atom. The van der Waals surface area contributed by atoms with Crippen molar-refractivity contribution in [3.05, 3.63) is 82.9 Å². The van der Waals surface area contributed by atoms with Gasteiger partial charge in [0.15, 0.2) is 0 Å². The molecule has 0 aliphatic heterocycles. The summed E-state index contributed by atoms with van der Waals surface area (Å²) in [7, 11) is -3.66. The number of halogens is 1. The van der Waals surface area contributed by atoms with E-state index in [1.54, 1.807) is 18.2 Å². The molecule has 0 saturated heterocycles. The third kappa shape index (κ3) is 4.41. The van der Waals surface area contributed by atoms with Crippen LogP contribution in [-0.4, -0.2) is 8.42 Å². The zero-order valence-electron chi connectivity index (χ0n) is 14.4. The first-order chi connectivity index (χ1) is 12.3. The van der Waals surface area contributed by atoms with Crippen molar-refractivity contribution in [2.24, 2.45) is 0 Å². The highest BCUT2D eigenvalue weighted by molar-refractivity contribution is 7.99. The molecular formula is C20H18ClNO2S2. The van der Waals surface area contributed by atoms with E-state index >= 15 is 0 Å². The van der Waals surface area contributed by atoms with Crippen LogP contribution in [0.25, 0.3) is 0 Å². The summed E-state index contributed by atoms with van der Waals surface area (Å²) in [5, 5.41) is 0.665. The van der Waals surface area contributed by atoms with Gasteiger partial charge in [0.05, 0.1) is 10.6 Å². The maximum absolute atomic E-state index is 12.8. The largest absolute Gasteiger partial charge is 0.278 e. The molecule has 26 heavy (non-hydrogen) atoms. The van der Waals surface area contributed by atoms with Crippen molar-refractivity contribution in [3.8, 4) is 0 Å². The monoisotopic (exact) mass is 403 g/mol. The molecule has 6 heteroatoms. The Bertz CT molecular complexity index is 1030. The first-order valence-electron chi connectivity index (χ1n) is 7.98. The number of para-hydroxylation sites is 1. The minimum absolute atomic E-state index is 0.256. The van der Waals surface area contributed by atoms with Gasteiger partial charge in [0.25, 0.3) is 10.0 Å². The molecule has 0 aliphatic carbocycles. The van der Waals surface area contributed by atoms with Crippen LogP contribution in [0.5, 0.6) is 0 Å². The maximum Gasteiger partial charge on any atom is 0.261 e. The van der Waals surface area contributed by atoms with E-state index in [1.165, 1.54) is 11.8 Å². The summed E-state index contributed by atoms with van der Waals surface area (Å²) in [5.41, 5.74) is 2.55. The fraction of sp³-hybridized carbons (Fsp3) is 0.100. The van der Waals surface area contributed by atoms with Crippen LogP contribution < -0.4 is 4.72 Å². The number of nitrogens with one attached hydrogen (secondary N) is 1. The van der Waals surface area contributed by atoms with Crippen molar-refractivity contribution < 1.29 is 8.42 Å². The van der Waals surface area contributed by atoms with Crippen molar-refractivity contribution in [2.75, 3.05) is 4.72 Å². The summed E-state index contributed by atoms with van der Waals surface area (Å²) in [4.78, 5) is 2.06. The van der Waals surface area contributed by atoms with E-state index in [-0.39, 0.29) is 4.90 Å². The lowest BCUT2D eigenvalue weighted by Gasteiger charge is -2.13. The summed E-state index contributed by atoms with van der Waals surface area (Å²) in [6.45, 7) is 3.86. The second kappa shape index (κ2) is 7.74. The lowest BCUT2D eigenvalue weighted by molar-refractivity contribution is 0.601. The highest BCUT2D eigenvalue weighted by Crippen LogP contribution is 2.35. The maximum atomic E-state index is 12.8. The molecule has 0 aliphatic rings. The normalized spacial score (nSPS) is 11.3. The Morgan fingerprint density at radius 3 is 2.27 bits per heavy atom. The van der Waals surface area contributed by atoms with Gasteiger partial charge in [-0.1, -0.05) is 41.6 Å². The first-order valence-corrected chi connectivity index (χ1v) is 10.7. The predicted molar refractivity (Wildman–Crippen MR) is 109 cm³/mol. The number of anilines is 1. The molecule has 1 N–H and O–H groups in total. The van der Waals surface area contributed by atoms with Crippen molar-refractivity contribution >= 4 is 39.1 Å². The molecule has 134 valence electrons. The van der Waals surface area contributed by atoms with Crippen molar-refractivity contribution in [1.29, 1.82) is 0 Å². The number of benzene rings is 3. The van der Waals surface area contributed by atoms with E-state index in [2.05, 4.69) is 4.72 Å². The summed E-state index contributed by atoms with van der Waals surface area (Å²) >= 11 is 7.40. The molecule has 0 aromatic heterocycles. The van der Waals surface area contributed by atoms with E-state index in [9.17, 15) is 8.42 Å². The van der Waals surface area contributed by atoms with Crippen LogP contribution in [0, 0.1) is 13.8 Å². The Kier molecular flexibility index (Phi) is 5.61. The van der Waals surface area contributed by atoms with Crippen LogP contribution in [0.4, 0.5) is 5.69 Å². The SMILES string of the molecule is Cc1ccc(S(=O)(=O)Nc2ccccc2Sc2ccc(Cl)cc2)cc1C. The van der Waals surface area contributed by atoms with Gasteiger partial charge in [0, 0.05) is 14.8 Å². The Morgan fingerprint density at radius 1 is 0.885 bits per heavy atom. The quantitative estimate of drug-likeness (QED) is 0.576. The molecule has 0 radical (unpaired) electrons. The van der Waals surface area contributed by atoms with Crippen LogP contribution in [0.1, 0.15) is 11.1 Å². The van der Waals surface area contributed by atoms with Crippen LogP contribution >= 0.6 is 23.4 Å². The van der Waals surface area contributed by atoms with Gasteiger partial charge in [-0.25, -0.2) is 8.42 Å². The van der Waals surface area contributed by atoms with Crippen LogP contribution in [0.2, 0.25) is 5.02 Å². The Labute approximate surface area is 163 Å². The van der Waals surface area contributed by atoms with Gasteiger partial charge in [-0.3, -0.25) is 4.72 Å². The molecule has 0 bridgehead atoms. The Balaban J connectivity index is 1.89. The molecule has 0 spiro atoms. The zero-order chi connectivity index (χ0) is 18.7. The summed E-state index contributed by atoms with van der Waals surface area (Å²) in [6, 6.07) is 19.9. The molecule has 0 unspecified atom stereocenters. The van der Waals surface area contributed by atoms with Gasteiger partial charge in [-0.15, -0.1) is 0 Å². The van der Waals surface area contributed by atoms with Crippen LogP contribution in [0.15, 0.2) is 81.4 Å². The van der Waals surface area contributed by atoms with Crippen molar-refractivity contribution in [1.82, 2.24) is 0 Å². The van der Waals surface area contributed by atoms with E-state index < -0.39 is 10.0 Å². The number of hydrogen-bond acceptors (Lipinski definition) is 3. The second-order valence-electron chi connectivity index (χ2n) is 5.90. The van der Waals surface area contributed by atoms with Gasteiger partial charge in [-0.2, -0.15) is 0 Å². The molecule has 3 rings (SSSR count). The molecular weight excluding hydrogens is 386 g/mol. The van der Waals surface area contributed by atoms with Gasteiger partial charge in [-0.05, 0) is 73.5 Å². The third-order valence-corrected chi connectivity index (χ3v) is 6.66. The lowest BCUT2D eigenvalue weighted by atomic mass is 10.1. The topological polar surface area (TPSA) is 46.2 Å². The summed E-state index contributed by atoms with van der Waals surface area (Å²) < 4.78 is 28.3. The minimum atomic E-state index is -3.66. The molecule has 0 heterocycles. The average Bonchev–Trinajstić information content (AvgIpc) is 2.60. The molecule has 0 saturated carbocycles. The fourth-order valence-corrected chi connectivity index (χ4v) is 4.61. The van der Waals surface area contributed by atoms with Crippen LogP contribution in [-0.2, 0) is 10.0 Å². The van der Waals surface area contributed by atoms with Gasteiger partial charge >= 0.3 is 0 Å². The van der Waals surface area contributed by atoms with E-state index in [0.29, 0.717) is 10.7 Å². The minimum Gasteiger partial charge on any atom is -0.278 e. The van der Waals surface area contributed by atoms with Gasteiger partial charge in [0.1, 0.15) is 0 Å². The zero-order valence-corrected chi connectivity index (χ0v) is 16.8. The van der Waals surface area contributed by atoms with Gasteiger partial charge < -0.3 is 0 Å². The Hall–Kier alpha value is -1.95. The molecule has 3 nitrogen and oxygen atoms in total. The highest BCUT2D eigenvalue weighted by Gasteiger charge is 2.17.